The van der Waals surface area contributed by atoms with Gasteiger partial charge in [0, 0.05) is 12.6 Å². The van der Waals surface area contributed by atoms with E-state index in [4.69, 9.17) is 9.84 Å². The van der Waals surface area contributed by atoms with Gasteiger partial charge in [-0.2, -0.15) is 0 Å². The molecule has 5 heteroatoms. The Labute approximate surface area is 106 Å². The SMILES string of the molecule is CCOc1ccc(N(C(C)=O)C(C)C(=O)O)cc1. The summed E-state index contributed by atoms with van der Waals surface area (Å²) < 4.78 is 5.29. The van der Waals surface area contributed by atoms with Crippen molar-refractivity contribution >= 4 is 17.6 Å². The van der Waals surface area contributed by atoms with Crippen LogP contribution in [0.4, 0.5) is 5.69 Å². The molecule has 0 aromatic heterocycles. The number of amides is 1. The highest BCUT2D eigenvalue weighted by Crippen LogP contribution is 2.21. The second-order valence-corrected chi connectivity index (χ2v) is 3.83. The molecule has 0 bridgehead atoms. The molecule has 1 aromatic carbocycles. The summed E-state index contributed by atoms with van der Waals surface area (Å²) in [6.07, 6.45) is 0. The van der Waals surface area contributed by atoms with Gasteiger partial charge in [-0.3, -0.25) is 9.69 Å². The minimum absolute atomic E-state index is 0.311. The summed E-state index contributed by atoms with van der Waals surface area (Å²) in [5.41, 5.74) is 0.542. The van der Waals surface area contributed by atoms with Gasteiger partial charge in [0.05, 0.1) is 6.61 Å². The Hall–Kier alpha value is -2.04. The average molecular weight is 251 g/mol. The number of carbonyl (C=O) groups excluding carboxylic acids is 1. The lowest BCUT2D eigenvalue weighted by atomic mass is 10.2. The van der Waals surface area contributed by atoms with E-state index in [-0.39, 0.29) is 5.91 Å². The van der Waals surface area contributed by atoms with E-state index in [1.54, 1.807) is 24.3 Å². The first-order valence-corrected chi connectivity index (χ1v) is 5.72. The first-order chi connectivity index (χ1) is 8.47. The molecule has 0 spiro atoms. The lowest BCUT2D eigenvalue weighted by Crippen LogP contribution is -2.42. The van der Waals surface area contributed by atoms with Crippen LogP contribution in [0.3, 0.4) is 0 Å². The minimum Gasteiger partial charge on any atom is -0.494 e. The van der Waals surface area contributed by atoms with Crippen LogP contribution in [0.1, 0.15) is 20.8 Å². The van der Waals surface area contributed by atoms with Crippen molar-refractivity contribution in [2.45, 2.75) is 26.8 Å². The molecule has 1 unspecified atom stereocenters. The monoisotopic (exact) mass is 251 g/mol. The standard InChI is InChI=1S/C13H17NO4/c1-4-18-12-7-5-11(6-8-12)14(10(3)15)9(2)13(16)17/h5-9H,4H2,1-3H3,(H,16,17). The van der Waals surface area contributed by atoms with Crippen LogP contribution in [-0.2, 0) is 9.59 Å². The maximum atomic E-state index is 11.5. The molecule has 0 aliphatic heterocycles. The van der Waals surface area contributed by atoms with Gasteiger partial charge in [-0.15, -0.1) is 0 Å². The highest BCUT2D eigenvalue weighted by atomic mass is 16.5. The third-order valence-corrected chi connectivity index (χ3v) is 2.51. The van der Waals surface area contributed by atoms with Gasteiger partial charge in [-0.25, -0.2) is 4.79 Å². The minimum atomic E-state index is -1.04. The highest BCUT2D eigenvalue weighted by Gasteiger charge is 2.24. The van der Waals surface area contributed by atoms with Crippen molar-refractivity contribution in [1.29, 1.82) is 0 Å². The van der Waals surface area contributed by atoms with E-state index >= 15 is 0 Å². The normalized spacial score (nSPS) is 11.7. The fourth-order valence-electron chi connectivity index (χ4n) is 1.66. The Kier molecular flexibility index (Phi) is 4.71. The van der Waals surface area contributed by atoms with Crippen LogP contribution in [0, 0.1) is 0 Å². The third kappa shape index (κ3) is 3.23. The van der Waals surface area contributed by atoms with Gasteiger partial charge in [0.25, 0.3) is 0 Å². The Balaban J connectivity index is 2.99. The number of anilines is 1. The van der Waals surface area contributed by atoms with E-state index in [1.807, 2.05) is 6.92 Å². The summed E-state index contributed by atoms with van der Waals surface area (Å²) >= 11 is 0. The zero-order chi connectivity index (χ0) is 13.7. The molecule has 1 amide bonds. The van der Waals surface area contributed by atoms with Gasteiger partial charge >= 0.3 is 5.97 Å². The molecule has 5 nitrogen and oxygen atoms in total. The van der Waals surface area contributed by atoms with Gasteiger partial charge in [-0.05, 0) is 38.1 Å². The third-order valence-electron chi connectivity index (χ3n) is 2.51. The first kappa shape index (κ1) is 14.0. The van der Waals surface area contributed by atoms with E-state index in [9.17, 15) is 9.59 Å². The Morgan fingerprint density at radius 1 is 1.33 bits per heavy atom. The molecule has 98 valence electrons. The van der Waals surface area contributed by atoms with Gasteiger partial charge in [-0.1, -0.05) is 0 Å². The molecule has 0 aliphatic carbocycles. The zero-order valence-corrected chi connectivity index (χ0v) is 10.7. The predicted molar refractivity (Wildman–Crippen MR) is 67.9 cm³/mol. The molecular weight excluding hydrogens is 234 g/mol. The van der Waals surface area contributed by atoms with Crippen LogP contribution >= 0.6 is 0 Å². The molecule has 0 fully saturated rings. The molecule has 18 heavy (non-hydrogen) atoms. The van der Waals surface area contributed by atoms with Gasteiger partial charge in [0.2, 0.25) is 5.91 Å². The van der Waals surface area contributed by atoms with Crippen LogP contribution in [-0.4, -0.2) is 29.6 Å². The van der Waals surface area contributed by atoms with E-state index in [2.05, 4.69) is 0 Å². The van der Waals surface area contributed by atoms with Crippen LogP contribution < -0.4 is 9.64 Å². The van der Waals surface area contributed by atoms with Crippen molar-refractivity contribution in [2.24, 2.45) is 0 Å². The number of rotatable bonds is 5. The summed E-state index contributed by atoms with van der Waals surface area (Å²) in [5.74, 6) is -0.666. The number of ether oxygens (including phenoxy) is 1. The fraction of sp³-hybridized carbons (Fsp3) is 0.385. The molecule has 0 radical (unpaired) electrons. The molecule has 0 aliphatic rings. The second kappa shape index (κ2) is 6.05. The molecule has 1 N–H and O–H groups in total. The van der Waals surface area contributed by atoms with Crippen molar-refractivity contribution in [1.82, 2.24) is 0 Å². The topological polar surface area (TPSA) is 66.8 Å². The molecule has 0 saturated heterocycles. The van der Waals surface area contributed by atoms with Gasteiger partial charge in [0.1, 0.15) is 11.8 Å². The number of benzene rings is 1. The van der Waals surface area contributed by atoms with Crippen molar-refractivity contribution in [3.63, 3.8) is 0 Å². The van der Waals surface area contributed by atoms with Gasteiger partial charge < -0.3 is 9.84 Å². The number of aliphatic carboxylic acids is 1. The van der Waals surface area contributed by atoms with Crippen molar-refractivity contribution in [3.8, 4) is 5.75 Å². The molecular formula is C13H17NO4. The number of hydrogen-bond acceptors (Lipinski definition) is 3. The molecule has 1 rings (SSSR count). The molecule has 1 aromatic rings. The lowest BCUT2D eigenvalue weighted by molar-refractivity contribution is -0.139. The van der Waals surface area contributed by atoms with Crippen LogP contribution in [0.25, 0.3) is 0 Å². The Morgan fingerprint density at radius 3 is 2.28 bits per heavy atom. The fourth-order valence-corrected chi connectivity index (χ4v) is 1.66. The number of hydrogen-bond donors (Lipinski definition) is 1. The van der Waals surface area contributed by atoms with E-state index in [0.717, 1.165) is 0 Å². The quantitative estimate of drug-likeness (QED) is 0.868. The highest BCUT2D eigenvalue weighted by molar-refractivity contribution is 5.97. The van der Waals surface area contributed by atoms with Gasteiger partial charge in [0.15, 0.2) is 0 Å². The smallest absolute Gasteiger partial charge is 0.326 e. The summed E-state index contributed by atoms with van der Waals surface area (Å²) in [4.78, 5) is 23.7. The number of carboxylic acid groups (broad SMARTS) is 1. The predicted octanol–water partition coefficient (Wildman–Crippen LogP) is 1.91. The van der Waals surface area contributed by atoms with E-state index < -0.39 is 12.0 Å². The van der Waals surface area contributed by atoms with Crippen LogP contribution in [0.15, 0.2) is 24.3 Å². The summed E-state index contributed by atoms with van der Waals surface area (Å²) in [5, 5.41) is 8.98. The van der Waals surface area contributed by atoms with Crippen LogP contribution in [0.5, 0.6) is 5.75 Å². The maximum absolute atomic E-state index is 11.5. The summed E-state index contributed by atoms with van der Waals surface area (Å²) in [6.45, 7) is 5.25. The second-order valence-electron chi connectivity index (χ2n) is 3.83. The molecule has 0 heterocycles. The van der Waals surface area contributed by atoms with E-state index in [1.165, 1.54) is 18.7 Å². The average Bonchev–Trinajstić information content (AvgIpc) is 2.31. The number of nitrogens with zero attached hydrogens (tertiary/aromatic N) is 1. The first-order valence-electron chi connectivity index (χ1n) is 5.72. The summed E-state index contributed by atoms with van der Waals surface area (Å²) in [7, 11) is 0. The largest absolute Gasteiger partial charge is 0.494 e. The molecule has 1 atom stereocenters. The lowest BCUT2D eigenvalue weighted by Gasteiger charge is -2.25. The zero-order valence-electron chi connectivity index (χ0n) is 10.7. The Morgan fingerprint density at radius 2 is 1.89 bits per heavy atom. The van der Waals surface area contributed by atoms with Crippen molar-refractivity contribution in [3.05, 3.63) is 24.3 Å². The number of carbonyl (C=O) groups is 2. The van der Waals surface area contributed by atoms with E-state index in [0.29, 0.717) is 18.0 Å². The maximum Gasteiger partial charge on any atom is 0.326 e. The molecule has 0 saturated carbocycles. The van der Waals surface area contributed by atoms with Crippen LogP contribution in [0.2, 0.25) is 0 Å². The van der Waals surface area contributed by atoms with Crippen molar-refractivity contribution < 1.29 is 19.4 Å². The Bertz CT molecular complexity index is 427. The number of carboxylic acids is 1. The van der Waals surface area contributed by atoms with Crippen molar-refractivity contribution in [2.75, 3.05) is 11.5 Å². The summed E-state index contributed by atoms with van der Waals surface area (Å²) in [6, 6.07) is 5.87.